The van der Waals surface area contributed by atoms with Gasteiger partial charge in [0.05, 0.1) is 6.54 Å². The maximum absolute atomic E-state index is 14.0. The van der Waals surface area contributed by atoms with Gasteiger partial charge >= 0.3 is 0 Å². The molecule has 0 aliphatic heterocycles. The molecule has 0 heterocycles. The monoisotopic (exact) mass is 438 g/mol. The van der Waals surface area contributed by atoms with E-state index in [2.05, 4.69) is 36.9 Å². The van der Waals surface area contributed by atoms with Crippen molar-refractivity contribution >= 4 is 27.8 Å². The number of carbonyl (C=O) groups is 1. The van der Waals surface area contributed by atoms with Gasteiger partial charge in [-0.15, -0.1) is 0 Å². The zero-order valence-corrected chi connectivity index (χ0v) is 17.3. The van der Waals surface area contributed by atoms with Crippen molar-refractivity contribution in [2.24, 2.45) is 10.9 Å². The third-order valence-corrected chi connectivity index (χ3v) is 5.57. The number of hydrogen-bond donors (Lipinski definition) is 3. The van der Waals surface area contributed by atoms with Crippen LogP contribution in [0.1, 0.15) is 51.0 Å². The number of amides is 1. The molecule has 2 fully saturated rings. The Hall–Kier alpha value is -1.63. The topological polar surface area (TPSA) is 65.5 Å². The lowest BCUT2D eigenvalue weighted by Gasteiger charge is -2.30. The fourth-order valence-corrected chi connectivity index (χ4v) is 3.77. The second kappa shape index (κ2) is 9.53. The molecule has 2 atom stereocenters. The molecule has 0 aromatic heterocycles. The summed E-state index contributed by atoms with van der Waals surface area (Å²) in [6, 6.07) is 5.63. The van der Waals surface area contributed by atoms with Gasteiger partial charge in [0.2, 0.25) is 5.91 Å². The Morgan fingerprint density at radius 1 is 1.22 bits per heavy atom. The van der Waals surface area contributed by atoms with Crippen molar-refractivity contribution in [1.82, 2.24) is 16.0 Å². The van der Waals surface area contributed by atoms with Crippen molar-refractivity contribution in [3.8, 4) is 0 Å². The SMILES string of the molecule is CCNC(=NCc1ccc(Br)cc1F)NC1CCCC(C(=O)NC2CC2)C1. The second-order valence-corrected chi connectivity index (χ2v) is 8.33. The third kappa shape index (κ3) is 6.19. The number of benzene rings is 1. The number of guanidine groups is 1. The van der Waals surface area contributed by atoms with E-state index in [9.17, 15) is 9.18 Å². The van der Waals surface area contributed by atoms with Gasteiger partial charge in [-0.2, -0.15) is 0 Å². The van der Waals surface area contributed by atoms with E-state index in [1.54, 1.807) is 6.07 Å². The summed E-state index contributed by atoms with van der Waals surface area (Å²) in [5.41, 5.74) is 0.556. The summed E-state index contributed by atoms with van der Waals surface area (Å²) >= 11 is 3.27. The molecule has 7 heteroatoms. The van der Waals surface area contributed by atoms with Crippen LogP contribution in [0, 0.1) is 11.7 Å². The maximum atomic E-state index is 14.0. The predicted octanol–water partition coefficient (Wildman–Crippen LogP) is 3.48. The van der Waals surface area contributed by atoms with Crippen LogP contribution in [0.3, 0.4) is 0 Å². The van der Waals surface area contributed by atoms with Crippen molar-refractivity contribution in [1.29, 1.82) is 0 Å². The summed E-state index contributed by atoms with van der Waals surface area (Å²) in [4.78, 5) is 16.9. The molecule has 0 spiro atoms. The molecule has 2 saturated carbocycles. The highest BCUT2D eigenvalue weighted by Gasteiger charge is 2.31. The Morgan fingerprint density at radius 3 is 2.74 bits per heavy atom. The van der Waals surface area contributed by atoms with Gasteiger partial charge in [-0.25, -0.2) is 9.38 Å². The standard InChI is InChI=1S/C20H28BrFN4O/c1-2-23-20(24-12-14-6-7-15(21)11-18(14)22)26-17-5-3-4-13(10-17)19(27)25-16-8-9-16/h6-7,11,13,16-17H,2-5,8-10,12H2,1H3,(H,25,27)(H2,23,24,26). The molecule has 0 radical (unpaired) electrons. The van der Waals surface area contributed by atoms with Crippen LogP contribution < -0.4 is 16.0 Å². The van der Waals surface area contributed by atoms with E-state index < -0.39 is 0 Å². The lowest BCUT2D eigenvalue weighted by atomic mass is 9.85. The quantitative estimate of drug-likeness (QED) is 0.470. The minimum atomic E-state index is -0.265. The van der Waals surface area contributed by atoms with E-state index in [1.807, 2.05) is 13.0 Å². The maximum Gasteiger partial charge on any atom is 0.223 e. The Bertz CT molecular complexity index is 693. The first-order valence-corrected chi connectivity index (χ1v) is 10.6. The first-order chi connectivity index (χ1) is 13.0. The average molecular weight is 439 g/mol. The normalized spacial score (nSPS) is 23.0. The molecule has 0 bridgehead atoms. The smallest absolute Gasteiger partial charge is 0.223 e. The number of carbonyl (C=O) groups excluding carboxylic acids is 1. The second-order valence-electron chi connectivity index (χ2n) is 7.42. The van der Waals surface area contributed by atoms with Crippen LogP contribution in [-0.2, 0) is 11.3 Å². The molecule has 1 aromatic carbocycles. The molecule has 3 N–H and O–H groups in total. The summed E-state index contributed by atoms with van der Waals surface area (Å²) < 4.78 is 14.7. The number of aliphatic imine (C=N–C) groups is 1. The zero-order valence-electron chi connectivity index (χ0n) is 15.7. The number of halogens is 2. The number of nitrogens with one attached hydrogen (secondary N) is 3. The number of hydrogen-bond acceptors (Lipinski definition) is 2. The van der Waals surface area contributed by atoms with Crippen molar-refractivity contribution in [3.05, 3.63) is 34.1 Å². The zero-order chi connectivity index (χ0) is 19.2. The Morgan fingerprint density at radius 2 is 2.04 bits per heavy atom. The first-order valence-electron chi connectivity index (χ1n) is 9.84. The largest absolute Gasteiger partial charge is 0.357 e. The molecule has 1 aromatic rings. The molecule has 2 aliphatic carbocycles. The molecule has 148 valence electrons. The number of rotatable bonds is 6. The van der Waals surface area contributed by atoms with E-state index in [-0.39, 0.29) is 30.2 Å². The van der Waals surface area contributed by atoms with E-state index >= 15 is 0 Å². The Kier molecular flexibility index (Phi) is 7.10. The summed E-state index contributed by atoms with van der Waals surface area (Å²) in [5.74, 6) is 0.679. The van der Waals surface area contributed by atoms with Gasteiger partial charge in [0.25, 0.3) is 0 Å². The lowest BCUT2D eigenvalue weighted by molar-refractivity contribution is -0.126. The van der Waals surface area contributed by atoms with Gasteiger partial charge in [0.15, 0.2) is 5.96 Å². The minimum Gasteiger partial charge on any atom is -0.357 e. The van der Waals surface area contributed by atoms with Gasteiger partial charge in [0, 0.05) is 34.6 Å². The minimum absolute atomic E-state index is 0.0728. The molecular weight excluding hydrogens is 411 g/mol. The number of nitrogens with zero attached hydrogens (tertiary/aromatic N) is 1. The van der Waals surface area contributed by atoms with Gasteiger partial charge < -0.3 is 16.0 Å². The summed E-state index contributed by atoms with van der Waals surface area (Å²) in [5, 5.41) is 9.78. The summed E-state index contributed by atoms with van der Waals surface area (Å²) in [6.07, 6.45) is 6.05. The van der Waals surface area contributed by atoms with E-state index in [0.29, 0.717) is 17.6 Å². The van der Waals surface area contributed by atoms with Gasteiger partial charge in [0.1, 0.15) is 5.82 Å². The predicted molar refractivity (Wildman–Crippen MR) is 109 cm³/mol. The average Bonchev–Trinajstić information content (AvgIpc) is 3.45. The molecule has 0 saturated heterocycles. The van der Waals surface area contributed by atoms with Gasteiger partial charge in [-0.3, -0.25) is 4.79 Å². The molecular formula is C20H28BrFN4O. The fraction of sp³-hybridized carbons (Fsp3) is 0.600. The molecule has 5 nitrogen and oxygen atoms in total. The summed E-state index contributed by atoms with van der Waals surface area (Å²) in [7, 11) is 0. The Balaban J connectivity index is 1.58. The molecule has 2 unspecified atom stereocenters. The van der Waals surface area contributed by atoms with E-state index in [1.165, 1.54) is 6.07 Å². The van der Waals surface area contributed by atoms with Crippen LogP contribution in [0.2, 0.25) is 0 Å². The van der Waals surface area contributed by atoms with Crippen molar-refractivity contribution in [3.63, 3.8) is 0 Å². The molecule has 27 heavy (non-hydrogen) atoms. The van der Waals surface area contributed by atoms with Crippen LogP contribution in [0.25, 0.3) is 0 Å². The third-order valence-electron chi connectivity index (χ3n) is 5.08. The van der Waals surface area contributed by atoms with Gasteiger partial charge in [-0.05, 0) is 51.2 Å². The highest BCUT2D eigenvalue weighted by Crippen LogP contribution is 2.26. The highest BCUT2D eigenvalue weighted by molar-refractivity contribution is 9.10. The molecule has 3 rings (SSSR count). The van der Waals surface area contributed by atoms with Crippen molar-refractivity contribution in [2.75, 3.05) is 6.54 Å². The van der Waals surface area contributed by atoms with Crippen LogP contribution >= 0.6 is 15.9 Å². The molecule has 1 amide bonds. The van der Waals surface area contributed by atoms with Crippen LogP contribution in [0.4, 0.5) is 4.39 Å². The van der Waals surface area contributed by atoms with Crippen molar-refractivity contribution in [2.45, 2.75) is 64.1 Å². The first kappa shape index (κ1) is 20.1. The fourth-order valence-electron chi connectivity index (χ4n) is 3.43. The summed E-state index contributed by atoms with van der Waals surface area (Å²) in [6.45, 7) is 3.00. The molecule has 2 aliphatic rings. The van der Waals surface area contributed by atoms with Crippen LogP contribution in [0.5, 0.6) is 0 Å². The van der Waals surface area contributed by atoms with Crippen LogP contribution in [-0.4, -0.2) is 30.5 Å². The Labute approximate surface area is 168 Å². The van der Waals surface area contributed by atoms with Crippen LogP contribution in [0.15, 0.2) is 27.7 Å². The van der Waals surface area contributed by atoms with Gasteiger partial charge in [-0.1, -0.05) is 28.4 Å². The lowest BCUT2D eigenvalue weighted by Crippen LogP contribution is -2.47. The van der Waals surface area contributed by atoms with E-state index in [0.717, 1.165) is 49.5 Å². The highest BCUT2D eigenvalue weighted by atomic mass is 79.9. The van der Waals surface area contributed by atoms with Crippen molar-refractivity contribution < 1.29 is 9.18 Å². The van der Waals surface area contributed by atoms with E-state index in [4.69, 9.17) is 0 Å².